The van der Waals surface area contributed by atoms with Crippen molar-refractivity contribution in [1.29, 1.82) is 5.26 Å². The van der Waals surface area contributed by atoms with Crippen molar-refractivity contribution in [2.75, 3.05) is 24.2 Å². The fourth-order valence-electron chi connectivity index (χ4n) is 1.51. The van der Waals surface area contributed by atoms with Crippen molar-refractivity contribution in [2.45, 2.75) is 11.8 Å². The molecule has 0 unspecified atom stereocenters. The number of thioether (sulfide) groups is 1. The van der Waals surface area contributed by atoms with E-state index in [1.54, 1.807) is 29.8 Å². The van der Waals surface area contributed by atoms with Gasteiger partial charge in [0.2, 0.25) is 0 Å². The van der Waals surface area contributed by atoms with E-state index >= 15 is 0 Å². The summed E-state index contributed by atoms with van der Waals surface area (Å²) in [6, 6.07) is 7.63. The molecule has 0 heterocycles. The summed E-state index contributed by atoms with van der Waals surface area (Å²) in [5.41, 5.74) is 1.21. The Bertz CT molecular complexity index is 454. The molecule has 0 atom stereocenters. The van der Waals surface area contributed by atoms with Crippen LogP contribution in [-0.2, 0) is 4.79 Å². The molecule has 0 aliphatic carbocycles. The Labute approximate surface area is 105 Å². The minimum atomic E-state index is -0.912. The molecule has 0 aromatic heterocycles. The van der Waals surface area contributed by atoms with E-state index in [-0.39, 0.29) is 6.54 Å². The molecule has 1 rings (SSSR count). The second kappa shape index (κ2) is 6.16. The summed E-state index contributed by atoms with van der Waals surface area (Å²) in [6.45, 7) is 1.90. The first kappa shape index (κ1) is 13.4. The highest BCUT2D eigenvalue weighted by Gasteiger charge is 2.13. The zero-order chi connectivity index (χ0) is 12.8. The Balaban J connectivity index is 3.11. The molecular formula is C12H14N2O2S. The average molecular weight is 250 g/mol. The highest BCUT2D eigenvalue weighted by atomic mass is 32.2. The molecule has 1 N–H and O–H groups in total. The number of nitrogens with zero attached hydrogens (tertiary/aromatic N) is 2. The third-order valence-corrected chi connectivity index (χ3v) is 3.14. The number of carboxylic acids is 1. The number of benzene rings is 1. The number of carboxylic acid groups (broad SMARTS) is 1. The summed E-state index contributed by atoms with van der Waals surface area (Å²) in [7, 11) is 1.67. The van der Waals surface area contributed by atoms with Crippen LogP contribution in [0.2, 0.25) is 0 Å². The lowest BCUT2D eigenvalue weighted by atomic mass is 10.2. The number of anilines is 1. The highest BCUT2D eigenvalue weighted by Crippen LogP contribution is 2.29. The molecule has 0 amide bonds. The van der Waals surface area contributed by atoms with Crippen LogP contribution >= 0.6 is 11.8 Å². The van der Waals surface area contributed by atoms with Gasteiger partial charge in [-0.3, -0.25) is 4.79 Å². The largest absolute Gasteiger partial charge is 0.480 e. The van der Waals surface area contributed by atoms with Crippen molar-refractivity contribution >= 4 is 23.4 Å². The first-order chi connectivity index (χ1) is 8.10. The Morgan fingerprint density at radius 2 is 2.29 bits per heavy atom. The van der Waals surface area contributed by atoms with Crippen LogP contribution in [0.4, 0.5) is 5.69 Å². The van der Waals surface area contributed by atoms with Crippen LogP contribution in [0.5, 0.6) is 0 Å². The lowest BCUT2D eigenvalue weighted by Gasteiger charge is -2.19. The van der Waals surface area contributed by atoms with Crippen LogP contribution in [0.1, 0.15) is 12.5 Å². The summed E-state index contributed by atoms with van der Waals surface area (Å²) in [5.74, 6) is -0.0363. The summed E-state index contributed by atoms with van der Waals surface area (Å²) in [4.78, 5) is 13.1. The van der Waals surface area contributed by atoms with Gasteiger partial charge >= 0.3 is 5.97 Å². The van der Waals surface area contributed by atoms with Crippen LogP contribution in [0.25, 0.3) is 0 Å². The number of likely N-dealkylation sites (N-methyl/N-ethyl adjacent to an activating group) is 1. The molecule has 90 valence electrons. The Hall–Kier alpha value is -1.67. The van der Waals surface area contributed by atoms with E-state index in [0.717, 1.165) is 10.6 Å². The van der Waals surface area contributed by atoms with E-state index in [1.165, 1.54) is 0 Å². The fourth-order valence-corrected chi connectivity index (χ4v) is 2.29. The molecule has 0 aliphatic rings. The van der Waals surface area contributed by atoms with Crippen LogP contribution in [-0.4, -0.2) is 30.4 Å². The van der Waals surface area contributed by atoms with E-state index in [0.29, 0.717) is 11.3 Å². The molecule has 0 spiro atoms. The fraction of sp³-hybridized carbons (Fsp3) is 0.333. The number of carbonyl (C=O) groups is 1. The van der Waals surface area contributed by atoms with Crippen LogP contribution < -0.4 is 4.90 Å². The predicted octanol–water partition coefficient (Wildman–Crippen LogP) is 2.19. The smallest absolute Gasteiger partial charge is 0.323 e. The molecule has 4 nitrogen and oxygen atoms in total. The molecule has 0 bridgehead atoms. The molecule has 0 aliphatic heterocycles. The maximum Gasteiger partial charge on any atom is 0.323 e. The van der Waals surface area contributed by atoms with Gasteiger partial charge in [0.25, 0.3) is 0 Å². The van der Waals surface area contributed by atoms with Crippen molar-refractivity contribution in [3.05, 3.63) is 23.8 Å². The second-order valence-electron chi connectivity index (χ2n) is 3.44. The van der Waals surface area contributed by atoms with Crippen molar-refractivity contribution in [1.82, 2.24) is 0 Å². The lowest BCUT2D eigenvalue weighted by Crippen LogP contribution is -2.25. The number of hydrogen-bond acceptors (Lipinski definition) is 4. The normalized spacial score (nSPS) is 9.71. The summed E-state index contributed by atoms with van der Waals surface area (Å²) in [5, 5.41) is 17.9. The van der Waals surface area contributed by atoms with Gasteiger partial charge in [-0.05, 0) is 17.9 Å². The van der Waals surface area contributed by atoms with Gasteiger partial charge in [-0.15, -0.1) is 11.8 Å². The maximum absolute atomic E-state index is 10.7. The summed E-state index contributed by atoms with van der Waals surface area (Å²) < 4.78 is 0. The van der Waals surface area contributed by atoms with Gasteiger partial charge in [0, 0.05) is 11.9 Å². The quantitative estimate of drug-likeness (QED) is 0.811. The van der Waals surface area contributed by atoms with Gasteiger partial charge in [0.1, 0.15) is 12.6 Å². The Morgan fingerprint density at radius 1 is 1.59 bits per heavy atom. The average Bonchev–Trinajstić information content (AvgIpc) is 2.28. The van der Waals surface area contributed by atoms with Crippen molar-refractivity contribution < 1.29 is 9.90 Å². The monoisotopic (exact) mass is 250 g/mol. The van der Waals surface area contributed by atoms with Gasteiger partial charge < -0.3 is 10.0 Å². The second-order valence-corrected chi connectivity index (χ2v) is 4.75. The van der Waals surface area contributed by atoms with Gasteiger partial charge in [-0.2, -0.15) is 5.26 Å². The molecule has 0 saturated carbocycles. The van der Waals surface area contributed by atoms with Gasteiger partial charge in [-0.1, -0.05) is 13.0 Å². The van der Waals surface area contributed by atoms with Gasteiger partial charge in [0.05, 0.1) is 11.3 Å². The first-order valence-corrected chi connectivity index (χ1v) is 6.17. The minimum absolute atomic E-state index is 0.116. The van der Waals surface area contributed by atoms with Gasteiger partial charge in [0.15, 0.2) is 0 Å². The van der Waals surface area contributed by atoms with E-state index < -0.39 is 5.97 Å². The van der Waals surface area contributed by atoms with Crippen LogP contribution in [0, 0.1) is 11.3 Å². The van der Waals surface area contributed by atoms with Crippen LogP contribution in [0.3, 0.4) is 0 Å². The van der Waals surface area contributed by atoms with E-state index in [9.17, 15) is 10.1 Å². The lowest BCUT2D eigenvalue weighted by molar-refractivity contribution is -0.135. The standard InChI is InChI=1S/C12H14N2O2S/c1-3-17-11-6-4-5-10(9(11)7-13)14(2)8-12(15)16/h4-6H,3,8H2,1-2H3,(H,15,16). The summed E-state index contributed by atoms with van der Waals surface area (Å²) in [6.07, 6.45) is 0. The minimum Gasteiger partial charge on any atom is -0.480 e. The summed E-state index contributed by atoms with van der Waals surface area (Å²) >= 11 is 1.58. The molecule has 1 aromatic rings. The number of rotatable bonds is 5. The topological polar surface area (TPSA) is 64.3 Å². The Morgan fingerprint density at radius 3 is 2.82 bits per heavy atom. The third kappa shape index (κ3) is 3.40. The molecule has 1 aromatic carbocycles. The third-order valence-electron chi connectivity index (χ3n) is 2.20. The molecule has 0 fully saturated rings. The number of nitriles is 1. The number of aliphatic carboxylic acids is 1. The molecule has 0 radical (unpaired) electrons. The predicted molar refractivity (Wildman–Crippen MR) is 68.5 cm³/mol. The van der Waals surface area contributed by atoms with Crippen molar-refractivity contribution in [3.63, 3.8) is 0 Å². The van der Waals surface area contributed by atoms with Crippen molar-refractivity contribution in [3.8, 4) is 6.07 Å². The first-order valence-electron chi connectivity index (χ1n) is 5.19. The zero-order valence-corrected chi connectivity index (χ0v) is 10.6. The zero-order valence-electron chi connectivity index (χ0n) is 9.80. The maximum atomic E-state index is 10.7. The molecule has 5 heteroatoms. The van der Waals surface area contributed by atoms with E-state index in [1.807, 2.05) is 19.1 Å². The van der Waals surface area contributed by atoms with E-state index in [4.69, 9.17) is 5.11 Å². The van der Waals surface area contributed by atoms with Gasteiger partial charge in [-0.25, -0.2) is 0 Å². The molecule has 17 heavy (non-hydrogen) atoms. The number of hydrogen-bond donors (Lipinski definition) is 1. The highest BCUT2D eigenvalue weighted by molar-refractivity contribution is 7.99. The van der Waals surface area contributed by atoms with Crippen molar-refractivity contribution in [2.24, 2.45) is 0 Å². The molecule has 0 saturated heterocycles. The SMILES string of the molecule is CCSc1cccc(N(C)CC(=O)O)c1C#N. The molecular weight excluding hydrogens is 236 g/mol. The van der Waals surface area contributed by atoms with E-state index in [2.05, 4.69) is 6.07 Å². The Kier molecular flexibility index (Phi) is 4.85. The van der Waals surface area contributed by atoms with Crippen LogP contribution in [0.15, 0.2) is 23.1 Å².